The predicted octanol–water partition coefficient (Wildman–Crippen LogP) is 2.52. The third-order valence-corrected chi connectivity index (χ3v) is 5.72. The molecule has 1 aromatic rings. The summed E-state index contributed by atoms with van der Waals surface area (Å²) in [4.78, 5) is 7.27. The van der Waals surface area contributed by atoms with Crippen LogP contribution in [0.15, 0.2) is 29.3 Å². The minimum absolute atomic E-state index is 0.105. The second kappa shape index (κ2) is 9.51. The number of guanidine groups is 1. The van der Waals surface area contributed by atoms with E-state index in [1.165, 1.54) is 0 Å². The van der Waals surface area contributed by atoms with E-state index in [1.54, 1.807) is 19.2 Å². The van der Waals surface area contributed by atoms with Gasteiger partial charge < -0.3 is 20.3 Å². The summed E-state index contributed by atoms with van der Waals surface area (Å²) < 4.78 is 19.4. The van der Waals surface area contributed by atoms with E-state index in [2.05, 4.69) is 22.5 Å². The monoisotopic (exact) mass is 376 g/mol. The van der Waals surface area contributed by atoms with Crippen LogP contribution in [-0.4, -0.2) is 63.3 Å². The highest BCUT2D eigenvalue weighted by Crippen LogP contribution is 2.49. The van der Waals surface area contributed by atoms with Gasteiger partial charge in [-0.1, -0.05) is 18.2 Å². The molecule has 0 bridgehead atoms. The minimum atomic E-state index is -0.114. The van der Waals surface area contributed by atoms with E-state index < -0.39 is 0 Å². The maximum Gasteiger partial charge on any atom is 0.191 e. The van der Waals surface area contributed by atoms with E-state index in [4.69, 9.17) is 9.73 Å². The summed E-state index contributed by atoms with van der Waals surface area (Å²) in [6.07, 6.45) is 4.22. The number of aliphatic imine (C=N–C) groups is 1. The number of benzene rings is 1. The molecule has 2 aliphatic rings. The highest BCUT2D eigenvalue weighted by molar-refractivity contribution is 5.80. The largest absolute Gasteiger partial charge is 0.383 e. The zero-order valence-corrected chi connectivity index (χ0v) is 16.6. The normalized spacial score (nSPS) is 20.5. The Morgan fingerprint density at radius 1 is 1.30 bits per heavy atom. The van der Waals surface area contributed by atoms with Gasteiger partial charge in [-0.3, -0.25) is 4.99 Å². The fourth-order valence-corrected chi connectivity index (χ4v) is 3.82. The topological polar surface area (TPSA) is 48.9 Å². The van der Waals surface area contributed by atoms with Gasteiger partial charge in [-0.15, -0.1) is 0 Å². The molecule has 0 amide bonds. The molecule has 1 aliphatic carbocycles. The lowest BCUT2D eigenvalue weighted by molar-refractivity contribution is 0.128. The Morgan fingerprint density at radius 3 is 2.67 bits per heavy atom. The summed E-state index contributed by atoms with van der Waals surface area (Å²) in [5.41, 5.74) is 0.702. The summed E-state index contributed by atoms with van der Waals surface area (Å²) in [5.74, 6) is 0.752. The van der Waals surface area contributed by atoms with E-state index in [0.717, 1.165) is 70.0 Å². The lowest BCUT2D eigenvalue weighted by Crippen LogP contribution is -2.49. The summed E-state index contributed by atoms with van der Waals surface area (Å²) in [5, 5.41) is 6.94. The van der Waals surface area contributed by atoms with Gasteiger partial charge in [0.2, 0.25) is 0 Å². The summed E-state index contributed by atoms with van der Waals surface area (Å²) >= 11 is 0. The molecule has 0 spiro atoms. The van der Waals surface area contributed by atoms with Crippen molar-refractivity contribution in [1.82, 2.24) is 15.5 Å². The first kappa shape index (κ1) is 20.1. The predicted molar refractivity (Wildman–Crippen MR) is 108 cm³/mol. The standard InChI is InChI=1S/C21H33FN4O/c1-3-23-20(25-17-8-12-26(13-9-17)14-15-27-2)24-16-21(10-11-21)18-6-4-5-7-19(18)22/h4-7,17H,3,8-16H2,1-2H3,(H2,23,24,25). The number of piperidine rings is 1. The smallest absolute Gasteiger partial charge is 0.191 e. The first-order valence-corrected chi connectivity index (χ1v) is 10.2. The molecule has 5 nitrogen and oxygen atoms in total. The van der Waals surface area contributed by atoms with Crippen LogP contribution in [-0.2, 0) is 10.2 Å². The van der Waals surface area contributed by atoms with Crippen molar-refractivity contribution >= 4 is 5.96 Å². The number of nitrogens with zero attached hydrogens (tertiary/aromatic N) is 2. The molecule has 3 rings (SSSR count). The molecule has 27 heavy (non-hydrogen) atoms. The van der Waals surface area contributed by atoms with Crippen molar-refractivity contribution in [3.05, 3.63) is 35.6 Å². The van der Waals surface area contributed by atoms with E-state index in [9.17, 15) is 4.39 Å². The molecule has 2 N–H and O–H groups in total. The quantitative estimate of drug-likeness (QED) is 0.541. The number of halogens is 1. The lowest BCUT2D eigenvalue weighted by Gasteiger charge is -2.33. The first-order chi connectivity index (χ1) is 13.2. The van der Waals surface area contributed by atoms with Gasteiger partial charge >= 0.3 is 0 Å². The van der Waals surface area contributed by atoms with Gasteiger partial charge in [0.15, 0.2) is 5.96 Å². The number of hydrogen-bond donors (Lipinski definition) is 2. The SMILES string of the molecule is CCNC(=NCC1(c2ccccc2F)CC1)NC1CCN(CCOC)CC1. The van der Waals surface area contributed by atoms with Crippen LogP contribution in [0.4, 0.5) is 4.39 Å². The van der Waals surface area contributed by atoms with Crippen molar-refractivity contribution < 1.29 is 9.13 Å². The number of likely N-dealkylation sites (tertiary alicyclic amines) is 1. The molecule has 2 fully saturated rings. The maximum atomic E-state index is 14.2. The highest BCUT2D eigenvalue weighted by Gasteiger charge is 2.45. The number of hydrogen-bond acceptors (Lipinski definition) is 3. The van der Waals surface area contributed by atoms with Gasteiger partial charge in [-0.05, 0) is 44.2 Å². The third-order valence-electron chi connectivity index (χ3n) is 5.72. The molecule has 0 aromatic heterocycles. The number of rotatable bonds is 8. The summed E-state index contributed by atoms with van der Waals surface area (Å²) in [6, 6.07) is 7.57. The average Bonchev–Trinajstić information content (AvgIpc) is 3.47. The maximum absolute atomic E-state index is 14.2. The van der Waals surface area contributed by atoms with Crippen molar-refractivity contribution in [2.75, 3.05) is 46.4 Å². The molecule has 6 heteroatoms. The molecular formula is C21H33FN4O. The lowest BCUT2D eigenvalue weighted by atomic mass is 9.95. The zero-order valence-electron chi connectivity index (χ0n) is 16.6. The molecule has 1 heterocycles. The summed E-state index contributed by atoms with van der Waals surface area (Å²) in [7, 11) is 1.75. The number of nitrogens with one attached hydrogen (secondary N) is 2. The Hall–Kier alpha value is -1.66. The fourth-order valence-electron chi connectivity index (χ4n) is 3.82. The molecule has 0 unspecified atom stereocenters. The summed E-state index contributed by atoms with van der Waals surface area (Å²) in [6.45, 7) is 7.50. The molecule has 1 aromatic carbocycles. The van der Waals surface area contributed by atoms with Gasteiger partial charge in [0, 0.05) is 44.7 Å². The average molecular weight is 377 g/mol. The van der Waals surface area contributed by atoms with Crippen LogP contribution < -0.4 is 10.6 Å². The second-order valence-corrected chi connectivity index (χ2v) is 7.71. The number of ether oxygens (including phenoxy) is 1. The van der Waals surface area contributed by atoms with Crippen LogP contribution in [0.25, 0.3) is 0 Å². The highest BCUT2D eigenvalue weighted by atomic mass is 19.1. The third kappa shape index (κ3) is 5.42. The van der Waals surface area contributed by atoms with E-state index in [1.807, 2.05) is 12.1 Å². The van der Waals surface area contributed by atoms with Gasteiger partial charge in [0.25, 0.3) is 0 Å². The Labute approximate surface area is 162 Å². The van der Waals surface area contributed by atoms with Gasteiger partial charge in [-0.25, -0.2) is 4.39 Å². The van der Waals surface area contributed by atoms with Crippen LogP contribution in [0.2, 0.25) is 0 Å². The van der Waals surface area contributed by atoms with Crippen molar-refractivity contribution in [3.8, 4) is 0 Å². The van der Waals surface area contributed by atoms with Gasteiger partial charge in [-0.2, -0.15) is 0 Å². The fraction of sp³-hybridized carbons (Fsp3) is 0.667. The molecule has 0 atom stereocenters. The first-order valence-electron chi connectivity index (χ1n) is 10.2. The van der Waals surface area contributed by atoms with Crippen LogP contribution in [0, 0.1) is 5.82 Å². The van der Waals surface area contributed by atoms with Gasteiger partial charge in [0.1, 0.15) is 5.82 Å². The van der Waals surface area contributed by atoms with Crippen LogP contribution in [0.5, 0.6) is 0 Å². The van der Waals surface area contributed by atoms with Gasteiger partial charge in [0.05, 0.1) is 13.2 Å². The molecule has 1 saturated carbocycles. The molecule has 150 valence electrons. The Bertz CT molecular complexity index is 624. The molecule has 1 aliphatic heterocycles. The van der Waals surface area contributed by atoms with Crippen LogP contribution in [0.1, 0.15) is 38.2 Å². The second-order valence-electron chi connectivity index (χ2n) is 7.71. The Morgan fingerprint density at radius 2 is 2.04 bits per heavy atom. The van der Waals surface area contributed by atoms with Crippen molar-refractivity contribution in [2.45, 2.75) is 44.1 Å². The van der Waals surface area contributed by atoms with Crippen molar-refractivity contribution in [3.63, 3.8) is 0 Å². The van der Waals surface area contributed by atoms with Crippen molar-refractivity contribution in [2.24, 2.45) is 4.99 Å². The zero-order chi connectivity index (χ0) is 19.1. The molecule has 1 saturated heterocycles. The molecule has 0 radical (unpaired) electrons. The van der Waals surface area contributed by atoms with Crippen LogP contribution >= 0.6 is 0 Å². The molecular weight excluding hydrogens is 343 g/mol. The van der Waals surface area contributed by atoms with E-state index >= 15 is 0 Å². The van der Waals surface area contributed by atoms with Crippen molar-refractivity contribution in [1.29, 1.82) is 0 Å². The van der Waals surface area contributed by atoms with E-state index in [0.29, 0.717) is 12.6 Å². The van der Waals surface area contributed by atoms with E-state index in [-0.39, 0.29) is 11.2 Å². The van der Waals surface area contributed by atoms with Crippen LogP contribution in [0.3, 0.4) is 0 Å². The Balaban J connectivity index is 1.55. The Kier molecular flexibility index (Phi) is 7.07. The number of methoxy groups -OCH3 is 1. The minimum Gasteiger partial charge on any atom is -0.383 e.